The third-order valence-corrected chi connectivity index (χ3v) is 4.27. The van der Waals surface area contributed by atoms with Crippen LogP contribution in [-0.2, 0) is 17.6 Å². The van der Waals surface area contributed by atoms with Crippen LogP contribution in [0.5, 0.6) is 0 Å². The number of aromatic nitrogens is 2. The van der Waals surface area contributed by atoms with Crippen LogP contribution in [0.25, 0.3) is 0 Å². The maximum Gasteiger partial charge on any atom is 0.225 e. The van der Waals surface area contributed by atoms with Gasteiger partial charge in [0, 0.05) is 36.8 Å². The molecule has 19 heavy (non-hydrogen) atoms. The quantitative estimate of drug-likeness (QED) is 0.798. The summed E-state index contributed by atoms with van der Waals surface area (Å²) in [6.45, 7) is 3.47. The molecule has 2 heterocycles. The molecule has 1 fully saturated rings. The van der Waals surface area contributed by atoms with Gasteiger partial charge in [-0.2, -0.15) is 0 Å². The summed E-state index contributed by atoms with van der Waals surface area (Å²) in [4.78, 5) is 22.8. The molecule has 0 bridgehead atoms. The molecule has 0 spiro atoms. The predicted molar refractivity (Wildman–Crippen MR) is 69.5 cm³/mol. The topological polar surface area (TPSA) is 66.3 Å². The molecule has 102 valence electrons. The Labute approximate surface area is 112 Å². The second-order valence-corrected chi connectivity index (χ2v) is 5.53. The van der Waals surface area contributed by atoms with Gasteiger partial charge in [-0.3, -0.25) is 4.79 Å². The van der Waals surface area contributed by atoms with Gasteiger partial charge >= 0.3 is 0 Å². The second-order valence-electron chi connectivity index (χ2n) is 5.53. The second kappa shape index (κ2) is 4.89. The van der Waals surface area contributed by atoms with Crippen molar-refractivity contribution in [2.24, 2.45) is 5.92 Å². The highest BCUT2D eigenvalue weighted by Gasteiger charge is 2.36. The fourth-order valence-corrected chi connectivity index (χ4v) is 2.96. The number of amides is 1. The number of fused-ring (bicyclic) bond motifs is 1. The first kappa shape index (κ1) is 12.5. The standard InChI is InChI=1S/C14H19N3O2/c1-9-12-2-4-17(5-3-13(12)16-8-15-9)14(19)10-6-11(18)7-10/h8,10-11,18H,2-7H2,1H3. The Morgan fingerprint density at radius 3 is 2.79 bits per heavy atom. The van der Waals surface area contributed by atoms with E-state index in [9.17, 15) is 9.90 Å². The lowest BCUT2D eigenvalue weighted by molar-refractivity contribution is -0.142. The summed E-state index contributed by atoms with van der Waals surface area (Å²) in [7, 11) is 0. The van der Waals surface area contributed by atoms with Crippen LogP contribution in [0, 0.1) is 12.8 Å². The molecular weight excluding hydrogens is 242 g/mol. The summed E-state index contributed by atoms with van der Waals surface area (Å²) in [5.41, 5.74) is 3.31. The van der Waals surface area contributed by atoms with Gasteiger partial charge in [0.05, 0.1) is 6.10 Å². The van der Waals surface area contributed by atoms with Crippen molar-refractivity contribution >= 4 is 5.91 Å². The van der Waals surface area contributed by atoms with Gasteiger partial charge in [0.15, 0.2) is 0 Å². The SMILES string of the molecule is Cc1ncnc2c1CCN(C(=O)C1CC(O)C1)CC2. The fraction of sp³-hybridized carbons (Fsp3) is 0.643. The van der Waals surface area contributed by atoms with Crippen LogP contribution in [0.1, 0.15) is 29.8 Å². The van der Waals surface area contributed by atoms with E-state index in [0.717, 1.165) is 37.3 Å². The summed E-state index contributed by atoms with van der Waals surface area (Å²) in [6.07, 6.45) is 4.23. The lowest BCUT2D eigenvalue weighted by Crippen LogP contribution is -2.44. The Morgan fingerprint density at radius 2 is 2.05 bits per heavy atom. The number of carbonyl (C=O) groups excluding carboxylic acids is 1. The van der Waals surface area contributed by atoms with Crippen molar-refractivity contribution in [1.82, 2.24) is 14.9 Å². The minimum atomic E-state index is -0.272. The molecule has 1 aliphatic carbocycles. The van der Waals surface area contributed by atoms with Crippen LogP contribution >= 0.6 is 0 Å². The zero-order valence-corrected chi connectivity index (χ0v) is 11.2. The van der Waals surface area contributed by atoms with Crippen molar-refractivity contribution in [3.63, 3.8) is 0 Å². The predicted octanol–water partition coefficient (Wildman–Crippen LogP) is 0.483. The molecule has 1 N–H and O–H groups in total. The van der Waals surface area contributed by atoms with Crippen LogP contribution in [0.4, 0.5) is 0 Å². The molecule has 0 radical (unpaired) electrons. The Bertz CT molecular complexity index is 497. The molecule has 1 amide bonds. The van der Waals surface area contributed by atoms with Crippen LogP contribution in [0.3, 0.4) is 0 Å². The number of carbonyl (C=O) groups is 1. The fourth-order valence-electron chi connectivity index (χ4n) is 2.96. The zero-order valence-electron chi connectivity index (χ0n) is 11.2. The molecule has 0 aromatic carbocycles. The van der Waals surface area contributed by atoms with E-state index in [1.807, 2.05) is 11.8 Å². The van der Waals surface area contributed by atoms with Crippen LogP contribution < -0.4 is 0 Å². The summed E-state index contributed by atoms with van der Waals surface area (Å²) >= 11 is 0. The van der Waals surface area contributed by atoms with Crippen LogP contribution in [0.2, 0.25) is 0 Å². The number of hydrogen-bond acceptors (Lipinski definition) is 4. The summed E-state index contributed by atoms with van der Waals surface area (Å²) in [6, 6.07) is 0. The van der Waals surface area contributed by atoms with Gasteiger partial charge in [-0.25, -0.2) is 9.97 Å². The first-order chi connectivity index (χ1) is 9.15. The first-order valence-electron chi connectivity index (χ1n) is 6.91. The molecule has 0 saturated heterocycles. The Balaban J connectivity index is 1.70. The van der Waals surface area contributed by atoms with E-state index < -0.39 is 0 Å². The smallest absolute Gasteiger partial charge is 0.225 e. The van der Waals surface area contributed by atoms with E-state index in [0.29, 0.717) is 12.8 Å². The Morgan fingerprint density at radius 1 is 1.32 bits per heavy atom. The van der Waals surface area contributed by atoms with E-state index >= 15 is 0 Å². The summed E-state index contributed by atoms with van der Waals surface area (Å²) in [5, 5.41) is 9.31. The summed E-state index contributed by atoms with van der Waals surface area (Å²) in [5.74, 6) is 0.229. The first-order valence-corrected chi connectivity index (χ1v) is 6.91. The van der Waals surface area contributed by atoms with E-state index in [1.165, 1.54) is 5.56 Å². The van der Waals surface area contributed by atoms with E-state index in [-0.39, 0.29) is 17.9 Å². The van der Waals surface area contributed by atoms with Gasteiger partial charge in [0.1, 0.15) is 6.33 Å². The van der Waals surface area contributed by atoms with E-state index in [4.69, 9.17) is 0 Å². The molecule has 5 nitrogen and oxygen atoms in total. The normalized spacial score (nSPS) is 26.3. The molecule has 5 heteroatoms. The van der Waals surface area contributed by atoms with Crippen molar-refractivity contribution in [2.45, 2.75) is 38.7 Å². The lowest BCUT2D eigenvalue weighted by atomic mass is 9.81. The average Bonchev–Trinajstić information content (AvgIpc) is 2.58. The molecule has 1 aromatic rings. The minimum absolute atomic E-state index is 0.0309. The zero-order chi connectivity index (χ0) is 13.4. The highest BCUT2D eigenvalue weighted by Crippen LogP contribution is 2.29. The highest BCUT2D eigenvalue weighted by molar-refractivity contribution is 5.80. The van der Waals surface area contributed by atoms with Crippen LogP contribution in [-0.4, -0.2) is 45.1 Å². The Kier molecular flexibility index (Phi) is 3.22. The van der Waals surface area contributed by atoms with Gasteiger partial charge in [-0.1, -0.05) is 0 Å². The van der Waals surface area contributed by atoms with Gasteiger partial charge in [-0.15, -0.1) is 0 Å². The van der Waals surface area contributed by atoms with Crippen molar-refractivity contribution in [2.75, 3.05) is 13.1 Å². The van der Waals surface area contributed by atoms with Crippen LogP contribution in [0.15, 0.2) is 6.33 Å². The van der Waals surface area contributed by atoms with Gasteiger partial charge in [-0.05, 0) is 31.7 Å². The molecule has 0 atom stereocenters. The number of nitrogens with zero attached hydrogens (tertiary/aromatic N) is 3. The van der Waals surface area contributed by atoms with E-state index in [2.05, 4.69) is 9.97 Å². The largest absolute Gasteiger partial charge is 0.393 e. The maximum atomic E-state index is 12.3. The van der Waals surface area contributed by atoms with E-state index in [1.54, 1.807) is 6.33 Å². The molecule has 0 unspecified atom stereocenters. The molecule has 2 aliphatic rings. The van der Waals surface area contributed by atoms with Crippen molar-refractivity contribution in [3.05, 3.63) is 23.3 Å². The number of aliphatic hydroxyl groups excluding tert-OH is 1. The third kappa shape index (κ3) is 2.34. The van der Waals surface area contributed by atoms with Crippen molar-refractivity contribution in [3.8, 4) is 0 Å². The Hall–Kier alpha value is -1.49. The van der Waals surface area contributed by atoms with Gasteiger partial charge in [0.2, 0.25) is 5.91 Å². The maximum absolute atomic E-state index is 12.3. The molecule has 1 aliphatic heterocycles. The highest BCUT2D eigenvalue weighted by atomic mass is 16.3. The molecule has 1 saturated carbocycles. The monoisotopic (exact) mass is 261 g/mol. The number of hydrogen-bond donors (Lipinski definition) is 1. The number of rotatable bonds is 1. The molecule has 3 rings (SSSR count). The van der Waals surface area contributed by atoms with Crippen molar-refractivity contribution < 1.29 is 9.90 Å². The molecule has 1 aromatic heterocycles. The lowest BCUT2D eigenvalue weighted by Gasteiger charge is -2.34. The summed E-state index contributed by atoms with van der Waals surface area (Å²) < 4.78 is 0. The van der Waals surface area contributed by atoms with Crippen molar-refractivity contribution in [1.29, 1.82) is 0 Å². The van der Waals surface area contributed by atoms with Gasteiger partial charge in [0.25, 0.3) is 0 Å². The number of aryl methyl sites for hydroxylation is 1. The molecular formula is C14H19N3O2. The average molecular weight is 261 g/mol. The number of aliphatic hydroxyl groups is 1. The third-order valence-electron chi connectivity index (χ3n) is 4.27. The minimum Gasteiger partial charge on any atom is -0.393 e. The van der Waals surface area contributed by atoms with Gasteiger partial charge < -0.3 is 10.0 Å².